The van der Waals surface area contributed by atoms with Gasteiger partial charge in [0.05, 0.1) is 23.2 Å². The molecule has 168 valence electrons. The summed E-state index contributed by atoms with van der Waals surface area (Å²) in [5.41, 5.74) is -0.189. The van der Waals surface area contributed by atoms with E-state index in [1.165, 1.54) is 30.7 Å². The van der Waals surface area contributed by atoms with Gasteiger partial charge in [-0.25, -0.2) is 8.78 Å². The first-order valence-electron chi connectivity index (χ1n) is 9.62. The van der Waals surface area contributed by atoms with Crippen molar-refractivity contribution in [3.8, 4) is 22.4 Å². The molecule has 0 saturated carbocycles. The lowest BCUT2D eigenvalue weighted by Gasteiger charge is -2.12. The standard InChI is InChI=1S/C23H15F5N4O/c24-17-5-6-18(31-19(33)11-13-1-3-15(4-2-13)23(26,27)28)21(25)20(17)22-16(12-30-32-22)14-7-9-29-10-8-14/h1-10,12H,11H2,(H,30,32)(H,31,33). The summed E-state index contributed by atoms with van der Waals surface area (Å²) in [7, 11) is 0. The minimum atomic E-state index is -4.49. The van der Waals surface area contributed by atoms with Gasteiger partial charge in [0.25, 0.3) is 0 Å². The molecule has 5 nitrogen and oxygen atoms in total. The topological polar surface area (TPSA) is 70.7 Å². The average molecular weight is 458 g/mol. The Balaban J connectivity index is 1.58. The number of nitrogens with zero attached hydrogens (tertiary/aromatic N) is 2. The van der Waals surface area contributed by atoms with Crippen LogP contribution in [0, 0.1) is 11.6 Å². The number of carbonyl (C=O) groups is 1. The summed E-state index contributed by atoms with van der Waals surface area (Å²) in [5.74, 6) is -2.59. The van der Waals surface area contributed by atoms with Crippen molar-refractivity contribution in [2.75, 3.05) is 5.32 Å². The molecule has 0 saturated heterocycles. The number of H-pyrrole nitrogens is 1. The molecule has 4 rings (SSSR count). The summed E-state index contributed by atoms with van der Waals surface area (Å²) in [6.45, 7) is 0. The second-order valence-electron chi connectivity index (χ2n) is 7.09. The number of alkyl halides is 3. The Morgan fingerprint density at radius 3 is 2.33 bits per heavy atom. The number of hydrogen-bond acceptors (Lipinski definition) is 3. The summed E-state index contributed by atoms with van der Waals surface area (Å²) in [5, 5.41) is 8.90. The minimum Gasteiger partial charge on any atom is -0.323 e. The highest BCUT2D eigenvalue weighted by Gasteiger charge is 2.30. The summed E-state index contributed by atoms with van der Waals surface area (Å²) >= 11 is 0. The van der Waals surface area contributed by atoms with Gasteiger partial charge in [-0.05, 0) is 47.5 Å². The van der Waals surface area contributed by atoms with E-state index in [1.807, 2.05) is 0 Å². The zero-order valence-corrected chi connectivity index (χ0v) is 16.8. The summed E-state index contributed by atoms with van der Waals surface area (Å²) < 4.78 is 67.9. The van der Waals surface area contributed by atoms with Crippen LogP contribution in [0.3, 0.4) is 0 Å². The maximum absolute atomic E-state index is 15.2. The normalized spacial score (nSPS) is 11.4. The van der Waals surface area contributed by atoms with Crippen LogP contribution in [-0.2, 0) is 17.4 Å². The number of benzene rings is 2. The Bertz CT molecular complexity index is 1280. The Morgan fingerprint density at radius 1 is 0.970 bits per heavy atom. The van der Waals surface area contributed by atoms with Crippen molar-refractivity contribution in [2.24, 2.45) is 0 Å². The molecule has 0 bridgehead atoms. The van der Waals surface area contributed by atoms with Gasteiger partial charge in [-0.2, -0.15) is 18.3 Å². The van der Waals surface area contributed by atoms with Crippen molar-refractivity contribution in [1.82, 2.24) is 15.2 Å². The highest BCUT2D eigenvalue weighted by molar-refractivity contribution is 5.93. The second-order valence-corrected chi connectivity index (χ2v) is 7.09. The third kappa shape index (κ3) is 4.74. The van der Waals surface area contributed by atoms with Crippen molar-refractivity contribution in [2.45, 2.75) is 12.6 Å². The zero-order chi connectivity index (χ0) is 23.6. The van der Waals surface area contributed by atoms with Crippen LogP contribution < -0.4 is 5.32 Å². The number of pyridine rings is 1. The molecule has 0 atom stereocenters. The molecule has 10 heteroatoms. The third-order valence-electron chi connectivity index (χ3n) is 4.88. The van der Waals surface area contributed by atoms with Crippen molar-refractivity contribution < 1.29 is 26.7 Å². The maximum atomic E-state index is 15.2. The number of amides is 1. The number of halogens is 5. The lowest BCUT2D eigenvalue weighted by Crippen LogP contribution is -2.16. The zero-order valence-electron chi connectivity index (χ0n) is 16.8. The van der Waals surface area contributed by atoms with Crippen molar-refractivity contribution in [3.63, 3.8) is 0 Å². The quantitative estimate of drug-likeness (QED) is 0.382. The monoisotopic (exact) mass is 458 g/mol. The van der Waals surface area contributed by atoms with Crippen LogP contribution in [0.5, 0.6) is 0 Å². The molecule has 0 spiro atoms. The highest BCUT2D eigenvalue weighted by Crippen LogP contribution is 2.35. The molecule has 1 amide bonds. The molecule has 2 aromatic carbocycles. The molecule has 0 aliphatic heterocycles. The van der Waals surface area contributed by atoms with E-state index >= 15 is 4.39 Å². The molecule has 0 fully saturated rings. The summed E-state index contributed by atoms with van der Waals surface area (Å²) in [4.78, 5) is 16.3. The van der Waals surface area contributed by atoms with E-state index in [1.54, 1.807) is 12.1 Å². The molecule has 2 heterocycles. The lowest BCUT2D eigenvalue weighted by atomic mass is 10.0. The van der Waals surface area contributed by atoms with E-state index in [9.17, 15) is 22.4 Å². The average Bonchev–Trinajstić information content (AvgIpc) is 3.26. The lowest BCUT2D eigenvalue weighted by molar-refractivity contribution is -0.137. The fourth-order valence-electron chi connectivity index (χ4n) is 3.29. The molecule has 0 aliphatic carbocycles. The van der Waals surface area contributed by atoms with Gasteiger partial charge >= 0.3 is 6.18 Å². The number of nitrogens with one attached hydrogen (secondary N) is 2. The van der Waals surface area contributed by atoms with Gasteiger partial charge in [0, 0.05) is 24.2 Å². The van der Waals surface area contributed by atoms with E-state index in [2.05, 4.69) is 20.5 Å². The van der Waals surface area contributed by atoms with Gasteiger partial charge in [0.2, 0.25) is 5.91 Å². The van der Waals surface area contributed by atoms with E-state index in [0.29, 0.717) is 16.7 Å². The molecule has 2 N–H and O–H groups in total. The van der Waals surface area contributed by atoms with Gasteiger partial charge in [-0.3, -0.25) is 14.9 Å². The summed E-state index contributed by atoms with van der Waals surface area (Å²) in [6.07, 6.45) is -0.252. The minimum absolute atomic E-state index is 0.00929. The molecule has 0 unspecified atom stereocenters. The van der Waals surface area contributed by atoms with Gasteiger partial charge in [0.1, 0.15) is 11.5 Å². The molecule has 33 heavy (non-hydrogen) atoms. The maximum Gasteiger partial charge on any atom is 0.416 e. The number of hydrogen-bond donors (Lipinski definition) is 2. The van der Waals surface area contributed by atoms with Crippen LogP contribution in [0.15, 0.2) is 67.1 Å². The van der Waals surface area contributed by atoms with E-state index in [-0.39, 0.29) is 17.8 Å². The fraction of sp³-hybridized carbons (Fsp3) is 0.0870. The largest absolute Gasteiger partial charge is 0.416 e. The van der Waals surface area contributed by atoms with Crippen LogP contribution in [-0.4, -0.2) is 21.1 Å². The predicted octanol–water partition coefficient (Wildman–Crippen LogP) is 5.62. The number of rotatable bonds is 5. The van der Waals surface area contributed by atoms with Gasteiger partial charge in [0.15, 0.2) is 5.82 Å². The molecule has 0 radical (unpaired) electrons. The van der Waals surface area contributed by atoms with E-state index in [0.717, 1.165) is 24.3 Å². The number of carbonyl (C=O) groups excluding carboxylic acids is 1. The van der Waals surface area contributed by atoms with Crippen LogP contribution in [0.1, 0.15) is 11.1 Å². The Kier molecular flexibility index (Phi) is 5.91. The SMILES string of the molecule is O=C(Cc1ccc(C(F)(F)F)cc1)Nc1ccc(F)c(-c2n[nH]cc2-c2ccncc2)c1F. The van der Waals surface area contributed by atoms with Crippen molar-refractivity contribution in [3.05, 3.63) is 89.9 Å². The molecule has 0 aliphatic rings. The second kappa shape index (κ2) is 8.81. The van der Waals surface area contributed by atoms with E-state index < -0.39 is 34.8 Å². The Morgan fingerprint density at radius 2 is 1.67 bits per heavy atom. The number of aromatic nitrogens is 3. The highest BCUT2D eigenvalue weighted by atomic mass is 19.4. The molecular weight excluding hydrogens is 443 g/mol. The predicted molar refractivity (Wildman–Crippen MR) is 111 cm³/mol. The summed E-state index contributed by atoms with van der Waals surface area (Å²) in [6, 6.07) is 9.42. The fourth-order valence-corrected chi connectivity index (χ4v) is 3.29. The van der Waals surface area contributed by atoms with Gasteiger partial charge in [-0.1, -0.05) is 12.1 Å². The van der Waals surface area contributed by atoms with Gasteiger partial charge < -0.3 is 5.32 Å². The van der Waals surface area contributed by atoms with Crippen LogP contribution in [0.2, 0.25) is 0 Å². The Labute approximate surface area is 184 Å². The van der Waals surface area contributed by atoms with Crippen LogP contribution in [0.25, 0.3) is 22.4 Å². The third-order valence-corrected chi connectivity index (χ3v) is 4.88. The van der Waals surface area contributed by atoms with Crippen LogP contribution >= 0.6 is 0 Å². The Hall–Kier alpha value is -4.08. The van der Waals surface area contributed by atoms with Crippen molar-refractivity contribution in [1.29, 1.82) is 0 Å². The smallest absolute Gasteiger partial charge is 0.323 e. The number of anilines is 1. The molecule has 4 aromatic rings. The molecule has 2 aromatic heterocycles. The number of aromatic amines is 1. The first kappa shape index (κ1) is 22.1. The van der Waals surface area contributed by atoms with Crippen molar-refractivity contribution >= 4 is 11.6 Å². The van der Waals surface area contributed by atoms with Crippen LogP contribution in [0.4, 0.5) is 27.6 Å². The van der Waals surface area contributed by atoms with Gasteiger partial charge in [-0.15, -0.1) is 0 Å². The molecular formula is C23H15F5N4O. The first-order valence-corrected chi connectivity index (χ1v) is 9.62. The van der Waals surface area contributed by atoms with E-state index in [4.69, 9.17) is 0 Å². The first-order chi connectivity index (χ1) is 15.7.